The molecule has 0 spiro atoms. The maximum atomic E-state index is 13.4. The minimum absolute atomic E-state index is 0.0676. The smallest absolute Gasteiger partial charge is 0.416 e. The summed E-state index contributed by atoms with van der Waals surface area (Å²) in [6.07, 6.45) is 0.875. The number of benzene rings is 1. The van der Waals surface area contributed by atoms with Gasteiger partial charge < -0.3 is 29.4 Å². The van der Waals surface area contributed by atoms with Crippen LogP contribution in [-0.2, 0) is 10.9 Å². The number of pyridine rings is 1. The molecular formula is C23H22F3N7O2. The van der Waals surface area contributed by atoms with Crippen LogP contribution in [-0.4, -0.2) is 52.8 Å². The molecule has 9 nitrogen and oxygen atoms in total. The Labute approximate surface area is 198 Å². The first-order valence-electron chi connectivity index (χ1n) is 10.8. The van der Waals surface area contributed by atoms with E-state index in [9.17, 15) is 13.2 Å². The first kappa shape index (κ1) is 22.7. The number of fused-ring (bicyclic) bond motifs is 1. The van der Waals surface area contributed by atoms with Crippen molar-refractivity contribution in [3.63, 3.8) is 0 Å². The molecule has 0 radical (unpaired) electrons. The minimum atomic E-state index is -4.53. The zero-order valence-corrected chi connectivity index (χ0v) is 18.7. The molecule has 5 rings (SSSR count). The fourth-order valence-corrected chi connectivity index (χ4v) is 3.73. The van der Waals surface area contributed by atoms with Crippen molar-refractivity contribution in [1.82, 2.24) is 19.4 Å². The standard InChI is InChI=1S/C23H22F3N7O2/c1-34-18-11-15(23(24,25)26)10-17(12-18)29-22-30-19(14-21(31-22)33-6-8-35-9-7-33)28-16-2-4-32-5-3-27-20(32)13-16/h2-5,10-14H,6-9H2,1H3,(H2,28,29,30,31). The molecule has 0 saturated carbocycles. The van der Waals surface area contributed by atoms with Crippen LogP contribution in [0, 0.1) is 0 Å². The molecule has 4 heterocycles. The highest BCUT2D eigenvalue weighted by molar-refractivity contribution is 5.67. The lowest BCUT2D eigenvalue weighted by Gasteiger charge is -2.28. The van der Waals surface area contributed by atoms with Crippen molar-refractivity contribution in [3.05, 3.63) is 60.6 Å². The van der Waals surface area contributed by atoms with Crippen LogP contribution in [0.25, 0.3) is 5.65 Å². The maximum Gasteiger partial charge on any atom is 0.416 e. The van der Waals surface area contributed by atoms with Crippen molar-refractivity contribution in [1.29, 1.82) is 0 Å². The summed E-state index contributed by atoms with van der Waals surface area (Å²) in [6, 6.07) is 8.91. The Morgan fingerprint density at radius 1 is 0.971 bits per heavy atom. The van der Waals surface area contributed by atoms with E-state index in [1.807, 2.05) is 33.8 Å². The Morgan fingerprint density at radius 3 is 2.57 bits per heavy atom. The van der Waals surface area contributed by atoms with Crippen LogP contribution in [0.4, 0.5) is 42.1 Å². The van der Waals surface area contributed by atoms with Gasteiger partial charge in [-0.2, -0.15) is 23.1 Å². The highest BCUT2D eigenvalue weighted by Crippen LogP contribution is 2.35. The number of hydrogen-bond donors (Lipinski definition) is 2. The Morgan fingerprint density at radius 2 is 1.80 bits per heavy atom. The molecule has 12 heteroatoms. The molecule has 0 unspecified atom stereocenters. The van der Waals surface area contributed by atoms with E-state index in [1.54, 1.807) is 12.3 Å². The number of morpholine rings is 1. The number of nitrogens with zero attached hydrogens (tertiary/aromatic N) is 5. The maximum absolute atomic E-state index is 13.4. The Balaban J connectivity index is 1.49. The van der Waals surface area contributed by atoms with Crippen molar-refractivity contribution in [2.24, 2.45) is 0 Å². The molecule has 1 aromatic carbocycles. The van der Waals surface area contributed by atoms with Gasteiger partial charge in [0.25, 0.3) is 0 Å². The van der Waals surface area contributed by atoms with Crippen LogP contribution in [0.1, 0.15) is 5.56 Å². The third kappa shape index (κ3) is 5.22. The molecule has 4 aromatic rings. The molecule has 1 fully saturated rings. The second kappa shape index (κ2) is 9.29. The molecule has 0 bridgehead atoms. The number of rotatable bonds is 6. The third-order valence-electron chi connectivity index (χ3n) is 5.44. The number of imidazole rings is 1. The second-order valence-corrected chi connectivity index (χ2v) is 7.84. The van der Waals surface area contributed by atoms with Gasteiger partial charge in [0, 0.05) is 61.3 Å². The van der Waals surface area contributed by atoms with E-state index in [0.29, 0.717) is 37.9 Å². The molecule has 1 aliphatic rings. The van der Waals surface area contributed by atoms with Crippen LogP contribution < -0.4 is 20.3 Å². The number of nitrogens with one attached hydrogen (secondary N) is 2. The number of methoxy groups -OCH3 is 1. The average Bonchev–Trinajstić information content (AvgIpc) is 3.31. The second-order valence-electron chi connectivity index (χ2n) is 7.84. The minimum Gasteiger partial charge on any atom is -0.497 e. The molecule has 3 aromatic heterocycles. The van der Waals surface area contributed by atoms with E-state index in [4.69, 9.17) is 9.47 Å². The summed E-state index contributed by atoms with van der Waals surface area (Å²) < 4.78 is 52.5. The van der Waals surface area contributed by atoms with Gasteiger partial charge in [-0.05, 0) is 18.2 Å². The van der Waals surface area contributed by atoms with Crippen molar-refractivity contribution >= 4 is 34.6 Å². The van der Waals surface area contributed by atoms with Crippen LogP contribution in [0.3, 0.4) is 0 Å². The lowest BCUT2D eigenvalue weighted by atomic mass is 10.2. The lowest BCUT2D eigenvalue weighted by Crippen LogP contribution is -2.36. The van der Waals surface area contributed by atoms with Crippen molar-refractivity contribution in [2.45, 2.75) is 6.18 Å². The number of alkyl halides is 3. The van der Waals surface area contributed by atoms with Gasteiger partial charge in [-0.1, -0.05) is 0 Å². The Hall–Kier alpha value is -4.06. The monoisotopic (exact) mass is 485 g/mol. The van der Waals surface area contributed by atoms with Gasteiger partial charge in [0.05, 0.1) is 25.9 Å². The molecule has 1 aliphatic heterocycles. The van der Waals surface area contributed by atoms with Crippen molar-refractivity contribution in [3.8, 4) is 5.75 Å². The first-order valence-corrected chi connectivity index (χ1v) is 10.8. The molecule has 0 atom stereocenters. The molecule has 1 saturated heterocycles. The van der Waals surface area contributed by atoms with E-state index in [0.717, 1.165) is 23.5 Å². The van der Waals surface area contributed by atoms with Crippen LogP contribution >= 0.6 is 0 Å². The van der Waals surface area contributed by atoms with Gasteiger partial charge >= 0.3 is 6.18 Å². The quantitative estimate of drug-likeness (QED) is 0.414. The van der Waals surface area contributed by atoms with E-state index in [-0.39, 0.29) is 17.4 Å². The Bertz CT molecular complexity index is 1340. The summed E-state index contributed by atoms with van der Waals surface area (Å²) in [4.78, 5) is 15.4. The SMILES string of the molecule is COc1cc(Nc2nc(Nc3ccn4ccnc4c3)cc(N3CCOCC3)n2)cc(C(F)(F)F)c1. The van der Waals surface area contributed by atoms with E-state index < -0.39 is 11.7 Å². The zero-order chi connectivity index (χ0) is 24.4. The molecule has 2 N–H and O–H groups in total. The highest BCUT2D eigenvalue weighted by atomic mass is 19.4. The first-order chi connectivity index (χ1) is 16.9. The molecule has 35 heavy (non-hydrogen) atoms. The number of anilines is 5. The summed E-state index contributed by atoms with van der Waals surface area (Å²) in [5.74, 6) is 1.30. The predicted octanol–water partition coefficient (Wildman–Crippen LogP) is 4.48. The topological polar surface area (TPSA) is 88.8 Å². The van der Waals surface area contributed by atoms with Crippen molar-refractivity contribution in [2.75, 3.05) is 48.9 Å². The van der Waals surface area contributed by atoms with Gasteiger partial charge in [-0.25, -0.2) is 4.98 Å². The summed E-state index contributed by atoms with van der Waals surface area (Å²) in [7, 11) is 1.31. The third-order valence-corrected chi connectivity index (χ3v) is 5.44. The van der Waals surface area contributed by atoms with Gasteiger partial charge in [0.15, 0.2) is 0 Å². The van der Waals surface area contributed by atoms with Gasteiger partial charge in [0.1, 0.15) is 23.0 Å². The number of aromatic nitrogens is 4. The molecule has 0 amide bonds. The summed E-state index contributed by atoms with van der Waals surface area (Å²) in [5.41, 5.74) is 0.824. The molecular weight excluding hydrogens is 463 g/mol. The fourth-order valence-electron chi connectivity index (χ4n) is 3.73. The fraction of sp³-hybridized carbons (Fsp3) is 0.261. The lowest BCUT2D eigenvalue weighted by molar-refractivity contribution is -0.137. The summed E-state index contributed by atoms with van der Waals surface area (Å²) >= 11 is 0. The normalized spacial score (nSPS) is 14.2. The van der Waals surface area contributed by atoms with E-state index >= 15 is 0 Å². The number of hydrogen-bond acceptors (Lipinski definition) is 8. The van der Waals surface area contributed by atoms with Crippen LogP contribution in [0.5, 0.6) is 5.75 Å². The Kier molecular flexibility index (Phi) is 6.03. The number of ether oxygens (including phenoxy) is 2. The van der Waals surface area contributed by atoms with Crippen LogP contribution in [0.2, 0.25) is 0 Å². The van der Waals surface area contributed by atoms with E-state index in [2.05, 4.69) is 25.6 Å². The van der Waals surface area contributed by atoms with E-state index in [1.165, 1.54) is 13.2 Å². The van der Waals surface area contributed by atoms with Gasteiger partial charge in [0.2, 0.25) is 5.95 Å². The molecule has 0 aliphatic carbocycles. The average molecular weight is 485 g/mol. The number of halogens is 3. The summed E-state index contributed by atoms with van der Waals surface area (Å²) in [6.45, 7) is 2.37. The predicted molar refractivity (Wildman–Crippen MR) is 125 cm³/mol. The van der Waals surface area contributed by atoms with Gasteiger partial charge in [-0.3, -0.25) is 0 Å². The summed E-state index contributed by atoms with van der Waals surface area (Å²) in [5, 5.41) is 6.15. The van der Waals surface area contributed by atoms with Crippen LogP contribution in [0.15, 0.2) is 55.0 Å². The van der Waals surface area contributed by atoms with Gasteiger partial charge in [-0.15, -0.1) is 0 Å². The highest BCUT2D eigenvalue weighted by Gasteiger charge is 2.31. The van der Waals surface area contributed by atoms with Crippen molar-refractivity contribution < 1.29 is 22.6 Å². The largest absolute Gasteiger partial charge is 0.497 e. The molecule has 182 valence electrons. The zero-order valence-electron chi connectivity index (χ0n) is 18.7.